The lowest BCUT2D eigenvalue weighted by Crippen LogP contribution is -2.35. The minimum absolute atomic E-state index is 0.0424. The van der Waals surface area contributed by atoms with Gasteiger partial charge in [-0.25, -0.2) is 13.4 Å². The maximum absolute atomic E-state index is 12.2. The van der Waals surface area contributed by atoms with Gasteiger partial charge in [-0.05, 0) is 19.8 Å². The highest BCUT2D eigenvalue weighted by Crippen LogP contribution is 2.31. The monoisotopic (exact) mass is 245 g/mol. The number of imidazole rings is 1. The van der Waals surface area contributed by atoms with E-state index in [2.05, 4.69) is 9.97 Å². The molecule has 0 spiro atoms. The smallest absolute Gasteiger partial charge is 0.260 e. The summed E-state index contributed by atoms with van der Waals surface area (Å²) in [5.41, 5.74) is 0. The molecule has 7 heteroatoms. The third kappa shape index (κ3) is 2.11. The molecular weight excluding hydrogens is 230 g/mol. The zero-order valence-electron chi connectivity index (χ0n) is 9.05. The summed E-state index contributed by atoms with van der Waals surface area (Å²) in [6.07, 6.45) is 3.05. The summed E-state index contributed by atoms with van der Waals surface area (Å²) in [5, 5.41) is 9.00. The molecule has 0 saturated heterocycles. The van der Waals surface area contributed by atoms with Gasteiger partial charge in [0.25, 0.3) is 10.0 Å². The number of hydrogen-bond donors (Lipinski definition) is 2. The quantitative estimate of drug-likeness (QED) is 0.756. The number of nitrogens with one attached hydrogen (secondary N) is 1. The molecule has 90 valence electrons. The predicted molar refractivity (Wildman–Crippen MR) is 57.3 cm³/mol. The molecule has 0 aliphatic heterocycles. The molecule has 1 aromatic rings. The Hall–Kier alpha value is -0.920. The van der Waals surface area contributed by atoms with Crippen LogP contribution in [0.25, 0.3) is 0 Å². The van der Waals surface area contributed by atoms with Crippen LogP contribution < -0.4 is 0 Å². The number of aromatic nitrogens is 2. The first-order valence-electron chi connectivity index (χ1n) is 5.20. The van der Waals surface area contributed by atoms with E-state index in [0.29, 0.717) is 5.82 Å². The topological polar surface area (TPSA) is 86.3 Å². The zero-order valence-corrected chi connectivity index (χ0v) is 9.87. The number of aryl methyl sites for hydroxylation is 1. The van der Waals surface area contributed by atoms with E-state index in [1.807, 2.05) is 0 Å². The molecule has 1 heterocycles. The van der Waals surface area contributed by atoms with E-state index in [0.717, 1.165) is 12.8 Å². The maximum Gasteiger partial charge on any atom is 0.260 e. The maximum atomic E-state index is 12.2. The molecule has 1 aliphatic carbocycles. The van der Waals surface area contributed by atoms with E-state index in [4.69, 9.17) is 5.11 Å². The van der Waals surface area contributed by atoms with Crippen molar-refractivity contribution < 1.29 is 13.5 Å². The summed E-state index contributed by atoms with van der Waals surface area (Å²) in [7, 11) is -3.52. The van der Waals surface area contributed by atoms with Crippen LogP contribution in [0.2, 0.25) is 0 Å². The molecule has 1 aromatic heterocycles. The molecule has 0 atom stereocenters. The molecule has 2 rings (SSSR count). The molecule has 1 saturated carbocycles. The average molecular weight is 245 g/mol. The Kier molecular flexibility index (Phi) is 3.00. The summed E-state index contributed by atoms with van der Waals surface area (Å²) in [6, 6.07) is 0.0424. The van der Waals surface area contributed by atoms with Crippen LogP contribution >= 0.6 is 0 Å². The SMILES string of the molecule is Cc1ncc(S(=O)(=O)N(CCO)C2CC2)[nH]1. The molecule has 0 amide bonds. The minimum Gasteiger partial charge on any atom is -0.395 e. The second-order valence-corrected chi connectivity index (χ2v) is 5.76. The molecule has 1 aliphatic rings. The Morgan fingerprint density at radius 2 is 2.31 bits per heavy atom. The number of aliphatic hydroxyl groups excluding tert-OH is 1. The fourth-order valence-corrected chi connectivity index (χ4v) is 3.26. The van der Waals surface area contributed by atoms with Gasteiger partial charge in [0.05, 0.1) is 12.8 Å². The van der Waals surface area contributed by atoms with E-state index in [9.17, 15) is 8.42 Å². The number of aliphatic hydroxyl groups is 1. The van der Waals surface area contributed by atoms with Crippen LogP contribution in [0, 0.1) is 6.92 Å². The van der Waals surface area contributed by atoms with Crippen LogP contribution in [0.3, 0.4) is 0 Å². The second kappa shape index (κ2) is 4.15. The van der Waals surface area contributed by atoms with Gasteiger partial charge in [-0.1, -0.05) is 0 Å². The summed E-state index contributed by atoms with van der Waals surface area (Å²) >= 11 is 0. The van der Waals surface area contributed by atoms with Gasteiger partial charge in [0.1, 0.15) is 5.82 Å². The molecule has 6 nitrogen and oxygen atoms in total. The van der Waals surface area contributed by atoms with Crippen molar-refractivity contribution in [3.8, 4) is 0 Å². The van der Waals surface area contributed by atoms with Crippen molar-refractivity contribution in [2.75, 3.05) is 13.2 Å². The fourth-order valence-electron chi connectivity index (χ4n) is 1.62. The standard InChI is InChI=1S/C9H15N3O3S/c1-7-10-6-9(11-7)16(14,15)12(4-5-13)8-2-3-8/h6,8,13H,2-5H2,1H3,(H,10,11). The fraction of sp³-hybridized carbons (Fsp3) is 0.667. The van der Waals surface area contributed by atoms with E-state index in [-0.39, 0.29) is 24.2 Å². The number of nitrogens with zero attached hydrogens (tertiary/aromatic N) is 2. The van der Waals surface area contributed by atoms with Gasteiger partial charge in [-0.3, -0.25) is 0 Å². The van der Waals surface area contributed by atoms with Gasteiger partial charge in [-0.2, -0.15) is 4.31 Å². The van der Waals surface area contributed by atoms with E-state index < -0.39 is 10.0 Å². The van der Waals surface area contributed by atoms with Gasteiger partial charge < -0.3 is 10.1 Å². The van der Waals surface area contributed by atoms with Crippen molar-refractivity contribution in [2.45, 2.75) is 30.8 Å². The molecule has 0 aromatic carbocycles. The third-order valence-electron chi connectivity index (χ3n) is 2.54. The lowest BCUT2D eigenvalue weighted by molar-refractivity contribution is 0.250. The third-order valence-corrected chi connectivity index (χ3v) is 4.40. The molecule has 0 bridgehead atoms. The van der Waals surface area contributed by atoms with E-state index in [1.54, 1.807) is 6.92 Å². The molecule has 1 fully saturated rings. The van der Waals surface area contributed by atoms with Crippen LogP contribution in [0.4, 0.5) is 0 Å². The van der Waals surface area contributed by atoms with Crippen molar-refractivity contribution in [1.82, 2.24) is 14.3 Å². The van der Waals surface area contributed by atoms with Crippen molar-refractivity contribution >= 4 is 10.0 Å². The summed E-state index contributed by atoms with van der Waals surface area (Å²) in [4.78, 5) is 6.60. The molecule has 0 unspecified atom stereocenters. The first kappa shape index (κ1) is 11.6. The lowest BCUT2D eigenvalue weighted by Gasteiger charge is -2.19. The van der Waals surface area contributed by atoms with E-state index in [1.165, 1.54) is 10.5 Å². The second-order valence-electron chi connectivity index (χ2n) is 3.90. The number of aromatic amines is 1. The highest BCUT2D eigenvalue weighted by Gasteiger charge is 2.38. The highest BCUT2D eigenvalue weighted by molar-refractivity contribution is 7.89. The number of rotatable bonds is 5. The lowest BCUT2D eigenvalue weighted by atomic mass is 10.6. The zero-order chi connectivity index (χ0) is 11.8. The van der Waals surface area contributed by atoms with Crippen LogP contribution in [-0.4, -0.2) is 47.0 Å². The van der Waals surface area contributed by atoms with Gasteiger partial charge in [0, 0.05) is 12.6 Å². The Morgan fingerprint density at radius 3 is 2.75 bits per heavy atom. The Balaban J connectivity index is 2.28. The molecule has 16 heavy (non-hydrogen) atoms. The Labute approximate surface area is 94.4 Å². The normalized spacial score (nSPS) is 16.9. The Morgan fingerprint density at radius 1 is 1.62 bits per heavy atom. The number of hydrogen-bond acceptors (Lipinski definition) is 4. The predicted octanol–water partition coefficient (Wildman–Crippen LogP) is -0.136. The summed E-state index contributed by atoms with van der Waals surface area (Å²) in [5.74, 6) is 0.568. The van der Waals surface area contributed by atoms with Crippen molar-refractivity contribution in [2.24, 2.45) is 0 Å². The van der Waals surface area contributed by atoms with Gasteiger partial charge in [-0.15, -0.1) is 0 Å². The Bertz CT molecular complexity index is 464. The van der Waals surface area contributed by atoms with Crippen LogP contribution in [0.5, 0.6) is 0 Å². The van der Waals surface area contributed by atoms with Crippen LogP contribution in [0.1, 0.15) is 18.7 Å². The van der Waals surface area contributed by atoms with Gasteiger partial charge in [0.2, 0.25) is 0 Å². The van der Waals surface area contributed by atoms with Crippen molar-refractivity contribution in [1.29, 1.82) is 0 Å². The van der Waals surface area contributed by atoms with Crippen LogP contribution in [0.15, 0.2) is 11.2 Å². The molecule has 2 N–H and O–H groups in total. The van der Waals surface area contributed by atoms with Gasteiger partial charge >= 0.3 is 0 Å². The largest absolute Gasteiger partial charge is 0.395 e. The number of sulfonamides is 1. The molecule has 0 radical (unpaired) electrons. The van der Waals surface area contributed by atoms with Gasteiger partial charge in [0.15, 0.2) is 5.03 Å². The van der Waals surface area contributed by atoms with Crippen molar-refractivity contribution in [3.05, 3.63) is 12.0 Å². The van der Waals surface area contributed by atoms with Crippen LogP contribution in [-0.2, 0) is 10.0 Å². The molecular formula is C9H15N3O3S. The first-order chi connectivity index (χ1) is 7.55. The minimum atomic E-state index is -3.52. The van der Waals surface area contributed by atoms with E-state index >= 15 is 0 Å². The van der Waals surface area contributed by atoms with Crippen molar-refractivity contribution in [3.63, 3.8) is 0 Å². The number of H-pyrrole nitrogens is 1. The average Bonchev–Trinajstić information content (AvgIpc) is 2.96. The first-order valence-corrected chi connectivity index (χ1v) is 6.64. The summed E-state index contributed by atoms with van der Waals surface area (Å²) in [6.45, 7) is 1.68. The highest BCUT2D eigenvalue weighted by atomic mass is 32.2. The summed E-state index contributed by atoms with van der Waals surface area (Å²) < 4.78 is 25.7.